The van der Waals surface area contributed by atoms with Crippen LogP contribution in [0.5, 0.6) is 5.75 Å². The van der Waals surface area contributed by atoms with E-state index in [1.165, 1.54) is 0 Å². The van der Waals surface area contributed by atoms with E-state index in [9.17, 15) is 34.8 Å². The lowest BCUT2D eigenvalue weighted by Gasteiger charge is -2.47. The number of aliphatic hydroxyl groups is 3. The van der Waals surface area contributed by atoms with Gasteiger partial charge in [0.25, 0.3) is 5.91 Å². The fourth-order valence-corrected chi connectivity index (χ4v) is 5.71. The molecule has 5 rings (SSSR count). The summed E-state index contributed by atoms with van der Waals surface area (Å²) in [4.78, 5) is 38.2. The Morgan fingerprint density at radius 3 is 2.62 bits per heavy atom. The zero-order valence-corrected chi connectivity index (χ0v) is 17.0. The number of aliphatic hydroxyl groups excluding tert-OH is 2. The predicted molar refractivity (Wildman–Crippen MR) is 111 cm³/mol. The van der Waals surface area contributed by atoms with Crippen LogP contribution in [-0.4, -0.2) is 56.1 Å². The number of phenolic OH excluding ortho intramolecular Hbond substituents is 1. The Labute approximate surface area is 182 Å². The van der Waals surface area contributed by atoms with Crippen molar-refractivity contribution in [1.82, 2.24) is 0 Å². The third kappa shape index (κ3) is 2.39. The van der Waals surface area contributed by atoms with Gasteiger partial charge in [0.05, 0.1) is 11.6 Å². The van der Waals surface area contributed by atoms with Crippen LogP contribution < -0.4 is 16.8 Å². The van der Waals surface area contributed by atoms with Gasteiger partial charge in [-0.15, -0.1) is 0 Å². The quantitative estimate of drug-likeness (QED) is 0.290. The van der Waals surface area contributed by atoms with Crippen molar-refractivity contribution < 1.29 is 34.8 Å². The Balaban J connectivity index is 1.70. The number of nitrogens with one attached hydrogen (secondary N) is 1. The molecule has 1 aromatic carbocycles. The molecule has 0 radical (unpaired) electrons. The largest absolute Gasteiger partial charge is 0.510 e. The fraction of sp³-hybridized carbons (Fsp3) is 0.409. The lowest BCUT2D eigenvalue weighted by Crippen LogP contribution is -2.63. The molecule has 0 unspecified atom stereocenters. The van der Waals surface area contributed by atoms with Gasteiger partial charge >= 0.3 is 0 Å². The van der Waals surface area contributed by atoms with Crippen molar-refractivity contribution >= 4 is 23.2 Å². The SMILES string of the molecule is NC(=O)C1=C(O)[C@@H](N)[C@@H]2C[C@@H]3Cc4cc5c(c(O)c4C(=O)C3=C(O)[C@]2(O)C1=O)CCCN5. The van der Waals surface area contributed by atoms with E-state index >= 15 is 0 Å². The Bertz CT molecular complexity index is 1180. The van der Waals surface area contributed by atoms with Crippen molar-refractivity contribution in [2.75, 3.05) is 11.9 Å². The second kappa shape index (κ2) is 6.57. The average Bonchev–Trinajstić information content (AvgIpc) is 2.74. The van der Waals surface area contributed by atoms with Gasteiger partial charge in [0.1, 0.15) is 22.8 Å². The van der Waals surface area contributed by atoms with Crippen LogP contribution in [0.1, 0.15) is 34.3 Å². The summed E-state index contributed by atoms with van der Waals surface area (Å²) < 4.78 is 0. The Morgan fingerprint density at radius 2 is 1.94 bits per heavy atom. The highest BCUT2D eigenvalue weighted by molar-refractivity contribution is 6.24. The molecule has 168 valence electrons. The number of amides is 1. The van der Waals surface area contributed by atoms with E-state index in [-0.39, 0.29) is 29.7 Å². The zero-order valence-electron chi connectivity index (χ0n) is 17.0. The van der Waals surface area contributed by atoms with E-state index < -0.39 is 58.0 Å². The third-order valence-electron chi connectivity index (χ3n) is 7.27. The maximum absolute atomic E-state index is 13.4. The number of fused-ring (bicyclic) bond motifs is 4. The maximum Gasteiger partial charge on any atom is 0.255 e. The monoisotopic (exact) mass is 441 g/mol. The zero-order chi connectivity index (χ0) is 23.1. The molecule has 1 aliphatic heterocycles. The van der Waals surface area contributed by atoms with Crippen molar-refractivity contribution in [3.05, 3.63) is 45.4 Å². The average molecular weight is 441 g/mol. The minimum Gasteiger partial charge on any atom is -0.510 e. The predicted octanol–water partition coefficient (Wildman–Crippen LogP) is -0.124. The van der Waals surface area contributed by atoms with Crippen molar-refractivity contribution in [2.24, 2.45) is 23.3 Å². The molecule has 4 atom stereocenters. The molecule has 9 N–H and O–H groups in total. The molecular formula is C22H23N3O7. The summed E-state index contributed by atoms with van der Waals surface area (Å²) in [5.41, 5.74) is 9.44. The molecule has 0 saturated carbocycles. The van der Waals surface area contributed by atoms with E-state index in [0.29, 0.717) is 17.5 Å². The lowest BCUT2D eigenvalue weighted by atomic mass is 9.59. The minimum absolute atomic E-state index is 0.00461. The van der Waals surface area contributed by atoms with Gasteiger partial charge in [0, 0.05) is 29.3 Å². The molecule has 1 aromatic rings. The molecule has 0 aromatic heterocycles. The van der Waals surface area contributed by atoms with Crippen molar-refractivity contribution in [3.8, 4) is 5.75 Å². The molecule has 0 saturated heterocycles. The number of benzene rings is 1. The van der Waals surface area contributed by atoms with Gasteiger partial charge in [0.2, 0.25) is 5.78 Å². The molecule has 0 spiro atoms. The summed E-state index contributed by atoms with van der Waals surface area (Å²) in [6.45, 7) is 0.744. The van der Waals surface area contributed by atoms with E-state index in [2.05, 4.69) is 5.32 Å². The van der Waals surface area contributed by atoms with Crippen molar-refractivity contribution in [2.45, 2.75) is 37.3 Å². The number of aromatic hydroxyl groups is 1. The summed E-state index contributed by atoms with van der Waals surface area (Å²) in [5, 5.41) is 46.7. The number of nitrogens with two attached hydrogens (primary N) is 2. The van der Waals surface area contributed by atoms with Crippen molar-refractivity contribution in [3.63, 3.8) is 0 Å². The number of primary amides is 1. The topological polar surface area (TPSA) is 196 Å². The minimum atomic E-state index is -2.68. The molecule has 3 aliphatic carbocycles. The van der Waals surface area contributed by atoms with E-state index in [4.69, 9.17) is 11.5 Å². The number of hydrogen-bond acceptors (Lipinski definition) is 9. The maximum atomic E-state index is 13.4. The Hall–Kier alpha value is -3.37. The molecule has 1 amide bonds. The van der Waals surface area contributed by atoms with Crippen LogP contribution in [0.2, 0.25) is 0 Å². The highest BCUT2D eigenvalue weighted by Gasteiger charge is 2.62. The second-order valence-corrected chi connectivity index (χ2v) is 8.90. The van der Waals surface area contributed by atoms with Crippen LogP contribution in [-0.2, 0) is 22.4 Å². The summed E-state index contributed by atoms with van der Waals surface area (Å²) in [7, 11) is 0. The number of Topliss-reactive ketones (excluding diaryl/α,β-unsaturated/α-hetero) is 2. The van der Waals surface area contributed by atoms with E-state index in [1.54, 1.807) is 0 Å². The van der Waals surface area contributed by atoms with Gasteiger partial charge in [-0.2, -0.15) is 0 Å². The van der Waals surface area contributed by atoms with Crippen LogP contribution in [0.15, 0.2) is 28.7 Å². The number of carbonyl (C=O) groups excluding carboxylic acids is 3. The first kappa shape index (κ1) is 20.5. The summed E-state index contributed by atoms with van der Waals surface area (Å²) in [6.07, 6.45) is 1.61. The third-order valence-corrected chi connectivity index (χ3v) is 7.27. The number of allylic oxidation sites excluding steroid dienone is 1. The summed E-state index contributed by atoms with van der Waals surface area (Å²) in [6, 6.07) is 0.462. The molecule has 0 fully saturated rings. The Kier molecular flexibility index (Phi) is 4.21. The highest BCUT2D eigenvalue weighted by atomic mass is 16.3. The standard InChI is InChI=1S/C22H23N3O7/c23-15-10-5-7-4-8-6-11-9(2-1-3-25-11)16(26)12(8)17(27)13(7)19(29)22(10,32)20(30)14(18(15)28)21(24)31/h6-7,10,15,25-26,28-29,32H,1-5,23H2,(H2,24,31)/t7-,10-,15-,22-/m0/s1. The molecule has 1 heterocycles. The van der Waals surface area contributed by atoms with Crippen LogP contribution in [0.4, 0.5) is 5.69 Å². The molecule has 10 heteroatoms. The summed E-state index contributed by atoms with van der Waals surface area (Å²) >= 11 is 0. The highest BCUT2D eigenvalue weighted by Crippen LogP contribution is 2.52. The van der Waals surface area contributed by atoms with Crippen LogP contribution in [0, 0.1) is 11.8 Å². The number of hydrogen-bond donors (Lipinski definition) is 7. The van der Waals surface area contributed by atoms with E-state index in [0.717, 1.165) is 18.7 Å². The molecule has 10 nitrogen and oxygen atoms in total. The summed E-state index contributed by atoms with van der Waals surface area (Å²) in [5.74, 6) is -6.89. The molecule has 32 heavy (non-hydrogen) atoms. The first-order chi connectivity index (χ1) is 15.1. The van der Waals surface area contributed by atoms with Gasteiger partial charge in [-0.05, 0) is 43.2 Å². The first-order valence-corrected chi connectivity index (χ1v) is 10.4. The van der Waals surface area contributed by atoms with Crippen LogP contribution in [0.25, 0.3) is 0 Å². The molecule has 4 aliphatic rings. The smallest absolute Gasteiger partial charge is 0.255 e. The first-order valence-electron chi connectivity index (χ1n) is 10.4. The fourth-order valence-electron chi connectivity index (χ4n) is 5.71. The normalized spacial score (nSPS) is 31.4. The van der Waals surface area contributed by atoms with Gasteiger partial charge < -0.3 is 37.2 Å². The lowest BCUT2D eigenvalue weighted by molar-refractivity contribution is -0.145. The van der Waals surface area contributed by atoms with Gasteiger partial charge in [0.15, 0.2) is 11.4 Å². The van der Waals surface area contributed by atoms with Gasteiger partial charge in [-0.1, -0.05) is 0 Å². The van der Waals surface area contributed by atoms with Gasteiger partial charge in [-0.3, -0.25) is 14.4 Å². The molecule has 0 bridgehead atoms. The second-order valence-electron chi connectivity index (χ2n) is 8.90. The Morgan fingerprint density at radius 1 is 1.22 bits per heavy atom. The number of ketones is 2. The van der Waals surface area contributed by atoms with Crippen LogP contribution >= 0.6 is 0 Å². The van der Waals surface area contributed by atoms with Crippen LogP contribution in [0.3, 0.4) is 0 Å². The number of phenols is 1. The number of carbonyl (C=O) groups is 3. The number of rotatable bonds is 1. The van der Waals surface area contributed by atoms with E-state index in [1.807, 2.05) is 6.07 Å². The van der Waals surface area contributed by atoms with Crippen molar-refractivity contribution in [1.29, 1.82) is 0 Å². The van der Waals surface area contributed by atoms with Gasteiger partial charge in [-0.25, -0.2) is 0 Å². The number of anilines is 1. The molecular weight excluding hydrogens is 418 g/mol.